The summed E-state index contributed by atoms with van der Waals surface area (Å²) in [5.74, 6) is -4.04. The Morgan fingerprint density at radius 2 is 1.76 bits per heavy atom. The number of H-pyrrole nitrogens is 1. The van der Waals surface area contributed by atoms with Gasteiger partial charge in [-0.15, -0.1) is 0 Å². The minimum atomic E-state index is -1.24. The van der Waals surface area contributed by atoms with Gasteiger partial charge in [-0.2, -0.15) is 12.6 Å². The number of carboxylic acids is 1. The van der Waals surface area contributed by atoms with Gasteiger partial charge < -0.3 is 37.5 Å². The summed E-state index contributed by atoms with van der Waals surface area (Å²) >= 11 is 4.05. The number of amides is 4. The maximum absolute atomic E-state index is 12.6. The third-order valence-electron chi connectivity index (χ3n) is 5.01. The normalized spacial score (nSPS) is 13.5. The zero-order valence-corrected chi connectivity index (χ0v) is 19.1. The smallest absolute Gasteiger partial charge is 0.326 e. The molecule has 0 saturated carbocycles. The van der Waals surface area contributed by atoms with Gasteiger partial charge in [0.05, 0.1) is 12.6 Å². The molecule has 0 fully saturated rings. The lowest BCUT2D eigenvalue weighted by atomic mass is 10.0. The Bertz CT molecular complexity index is 1060. The summed E-state index contributed by atoms with van der Waals surface area (Å²) in [6, 6.07) is 3.95. The highest BCUT2D eigenvalue weighted by molar-refractivity contribution is 7.80. The van der Waals surface area contributed by atoms with Gasteiger partial charge in [-0.1, -0.05) is 18.2 Å². The third-order valence-corrected chi connectivity index (χ3v) is 5.37. The highest BCUT2D eigenvalue weighted by atomic mass is 32.1. The lowest BCUT2D eigenvalue weighted by molar-refractivity contribution is -0.142. The number of fused-ring (bicyclic) bond motifs is 1. The van der Waals surface area contributed by atoms with Crippen molar-refractivity contribution in [3.63, 3.8) is 0 Å². The van der Waals surface area contributed by atoms with Gasteiger partial charge in [-0.05, 0) is 18.1 Å². The molecule has 9 N–H and O–H groups in total. The molecule has 0 spiro atoms. The monoisotopic (exact) mass is 492 g/mol. The lowest BCUT2D eigenvalue weighted by Crippen LogP contribution is -2.54. The van der Waals surface area contributed by atoms with Crippen molar-refractivity contribution in [2.45, 2.75) is 37.4 Å². The summed E-state index contributed by atoms with van der Waals surface area (Å²) in [7, 11) is 0. The topological polar surface area (TPSA) is 209 Å². The van der Waals surface area contributed by atoms with Crippen LogP contribution in [-0.2, 0) is 30.4 Å². The molecule has 0 bridgehead atoms. The number of carbonyl (C=O) groups is 5. The second-order valence-corrected chi connectivity index (χ2v) is 7.96. The molecule has 4 amide bonds. The zero-order chi connectivity index (χ0) is 25.3. The van der Waals surface area contributed by atoms with E-state index < -0.39 is 54.3 Å². The van der Waals surface area contributed by atoms with E-state index in [0.717, 1.165) is 10.9 Å². The summed E-state index contributed by atoms with van der Waals surface area (Å²) in [5.41, 5.74) is 12.2. The molecule has 0 aliphatic carbocycles. The molecular weight excluding hydrogens is 464 g/mol. The Morgan fingerprint density at radius 1 is 1.06 bits per heavy atom. The molecule has 3 atom stereocenters. The fourth-order valence-electron chi connectivity index (χ4n) is 3.16. The van der Waals surface area contributed by atoms with Gasteiger partial charge in [0.1, 0.15) is 12.1 Å². The second-order valence-electron chi connectivity index (χ2n) is 7.59. The molecule has 12 nitrogen and oxygen atoms in total. The van der Waals surface area contributed by atoms with Gasteiger partial charge in [0, 0.05) is 35.7 Å². The number of aliphatic carboxylic acids is 1. The van der Waals surface area contributed by atoms with Crippen molar-refractivity contribution in [3.8, 4) is 0 Å². The van der Waals surface area contributed by atoms with E-state index in [1.54, 1.807) is 6.20 Å². The number of hydrogen-bond donors (Lipinski definition) is 8. The zero-order valence-electron chi connectivity index (χ0n) is 18.2. The van der Waals surface area contributed by atoms with Crippen molar-refractivity contribution in [1.82, 2.24) is 20.9 Å². The molecular formula is C21H28N6O6S. The van der Waals surface area contributed by atoms with Crippen molar-refractivity contribution >= 4 is 53.1 Å². The van der Waals surface area contributed by atoms with Crippen LogP contribution in [0, 0.1) is 0 Å². The van der Waals surface area contributed by atoms with Crippen LogP contribution in [0.5, 0.6) is 0 Å². The predicted octanol–water partition coefficient (Wildman–Crippen LogP) is -1.60. The number of aromatic amines is 1. The van der Waals surface area contributed by atoms with Crippen LogP contribution in [0.25, 0.3) is 10.9 Å². The molecule has 2 rings (SSSR count). The standard InChI is InChI=1S/C21H28N6O6S/c22-13(5-6-17(23)28)19(30)25-9-18(29)26-16(10-34)20(31)27-15(21(32)33)7-11-8-24-14-4-2-1-3-12(11)14/h1-4,8,13,15-16,24,34H,5-7,9-10,22H2,(H2,23,28)(H,25,30)(H,26,29)(H,27,31)(H,32,33). The quantitative estimate of drug-likeness (QED) is 0.153. The summed E-state index contributed by atoms with van der Waals surface area (Å²) in [4.78, 5) is 62.2. The molecule has 1 heterocycles. The maximum atomic E-state index is 12.6. The Kier molecular flexibility index (Phi) is 9.89. The molecule has 0 aliphatic heterocycles. The molecule has 184 valence electrons. The van der Waals surface area contributed by atoms with E-state index in [1.807, 2.05) is 24.3 Å². The van der Waals surface area contributed by atoms with Crippen LogP contribution >= 0.6 is 12.6 Å². The van der Waals surface area contributed by atoms with Crippen molar-refractivity contribution in [2.75, 3.05) is 12.3 Å². The summed E-state index contributed by atoms with van der Waals surface area (Å²) < 4.78 is 0. The van der Waals surface area contributed by atoms with Gasteiger partial charge >= 0.3 is 5.97 Å². The first-order valence-corrected chi connectivity index (χ1v) is 11.1. The molecule has 0 radical (unpaired) electrons. The van der Waals surface area contributed by atoms with Crippen LogP contribution in [0.3, 0.4) is 0 Å². The number of benzene rings is 1. The fourth-order valence-corrected chi connectivity index (χ4v) is 3.42. The lowest BCUT2D eigenvalue weighted by Gasteiger charge is -2.20. The Morgan fingerprint density at radius 3 is 2.41 bits per heavy atom. The Balaban J connectivity index is 1.91. The largest absolute Gasteiger partial charge is 0.480 e. The number of aromatic nitrogens is 1. The predicted molar refractivity (Wildman–Crippen MR) is 127 cm³/mol. The molecule has 34 heavy (non-hydrogen) atoms. The molecule has 2 aromatic rings. The first kappa shape index (κ1) is 26.7. The molecule has 1 aromatic carbocycles. The van der Waals surface area contributed by atoms with Crippen molar-refractivity contribution in [2.24, 2.45) is 11.5 Å². The van der Waals surface area contributed by atoms with Crippen LogP contribution in [-0.4, -0.2) is 70.1 Å². The van der Waals surface area contributed by atoms with E-state index in [2.05, 4.69) is 33.6 Å². The molecule has 13 heteroatoms. The van der Waals surface area contributed by atoms with Gasteiger partial charge in [0.2, 0.25) is 23.6 Å². The van der Waals surface area contributed by atoms with E-state index in [-0.39, 0.29) is 25.0 Å². The summed E-state index contributed by atoms with van der Waals surface area (Å²) in [6.07, 6.45) is 1.66. The van der Waals surface area contributed by atoms with Crippen LogP contribution in [0.4, 0.5) is 0 Å². The summed E-state index contributed by atoms with van der Waals surface area (Å²) in [6.45, 7) is -0.474. The van der Waals surface area contributed by atoms with Crippen LogP contribution < -0.4 is 27.4 Å². The summed E-state index contributed by atoms with van der Waals surface area (Å²) in [5, 5.41) is 17.5. The molecule has 0 saturated heterocycles. The number of carbonyl (C=O) groups excluding carboxylic acids is 4. The van der Waals surface area contributed by atoms with E-state index in [9.17, 15) is 29.1 Å². The van der Waals surface area contributed by atoms with E-state index in [4.69, 9.17) is 11.5 Å². The van der Waals surface area contributed by atoms with Gasteiger partial charge in [0.25, 0.3) is 0 Å². The van der Waals surface area contributed by atoms with Gasteiger partial charge in [0.15, 0.2) is 0 Å². The van der Waals surface area contributed by atoms with Gasteiger partial charge in [-0.3, -0.25) is 19.2 Å². The number of carboxylic acid groups (broad SMARTS) is 1. The highest BCUT2D eigenvalue weighted by Gasteiger charge is 2.27. The number of rotatable bonds is 13. The minimum Gasteiger partial charge on any atom is -0.480 e. The molecule has 3 unspecified atom stereocenters. The number of thiol groups is 1. The number of nitrogens with two attached hydrogens (primary N) is 2. The molecule has 1 aromatic heterocycles. The fraction of sp³-hybridized carbons (Fsp3) is 0.381. The Labute approximate surface area is 200 Å². The minimum absolute atomic E-state index is 0.0253. The van der Waals surface area contributed by atoms with Gasteiger partial charge in [-0.25, -0.2) is 4.79 Å². The number of nitrogens with one attached hydrogen (secondary N) is 4. The first-order valence-electron chi connectivity index (χ1n) is 10.4. The maximum Gasteiger partial charge on any atom is 0.326 e. The number of hydrogen-bond acceptors (Lipinski definition) is 7. The van der Waals surface area contributed by atoms with Crippen molar-refractivity contribution in [3.05, 3.63) is 36.0 Å². The van der Waals surface area contributed by atoms with E-state index in [0.29, 0.717) is 5.56 Å². The second kappa shape index (κ2) is 12.6. The van der Waals surface area contributed by atoms with Crippen LogP contribution in [0.1, 0.15) is 18.4 Å². The van der Waals surface area contributed by atoms with E-state index in [1.165, 1.54) is 0 Å². The van der Waals surface area contributed by atoms with Crippen molar-refractivity contribution < 1.29 is 29.1 Å². The highest BCUT2D eigenvalue weighted by Crippen LogP contribution is 2.19. The van der Waals surface area contributed by atoms with Crippen LogP contribution in [0.15, 0.2) is 30.5 Å². The van der Waals surface area contributed by atoms with Crippen LogP contribution in [0.2, 0.25) is 0 Å². The molecule has 0 aliphatic rings. The number of para-hydroxylation sites is 1. The van der Waals surface area contributed by atoms with Crippen molar-refractivity contribution in [1.29, 1.82) is 0 Å². The Hall–Kier alpha value is -3.58. The average molecular weight is 493 g/mol. The van der Waals surface area contributed by atoms with E-state index >= 15 is 0 Å². The first-order chi connectivity index (χ1) is 16.1. The third kappa shape index (κ3) is 7.78. The SMILES string of the molecule is NC(=O)CCC(N)C(=O)NCC(=O)NC(CS)C(=O)NC(Cc1c[nH]c2ccccc12)C(=O)O. The number of primary amides is 1. The average Bonchev–Trinajstić information content (AvgIpc) is 3.21.